The van der Waals surface area contributed by atoms with E-state index in [9.17, 15) is 19.8 Å². The summed E-state index contributed by atoms with van der Waals surface area (Å²) >= 11 is 0. The molecule has 6 heteroatoms. The summed E-state index contributed by atoms with van der Waals surface area (Å²) in [5.41, 5.74) is 2.44. The number of benzene rings is 2. The number of carboxylic acids is 2. The topological polar surface area (TPSA) is 86.2 Å². The SMILES string of the molecule is Cc1c[n+](C(Cc2ccccc2)C(=O)[O-])cn1C(Cc1ccccc1)C(=O)O. The molecule has 1 heterocycles. The third-order valence-electron chi connectivity index (χ3n) is 4.80. The minimum Gasteiger partial charge on any atom is -0.546 e. The van der Waals surface area contributed by atoms with Crippen LogP contribution in [-0.4, -0.2) is 21.6 Å². The van der Waals surface area contributed by atoms with Crippen molar-refractivity contribution in [1.82, 2.24) is 4.57 Å². The van der Waals surface area contributed by atoms with Crippen molar-refractivity contribution < 1.29 is 24.4 Å². The summed E-state index contributed by atoms with van der Waals surface area (Å²) in [6.45, 7) is 1.77. The Morgan fingerprint density at radius 2 is 1.54 bits per heavy atom. The first-order valence-corrected chi connectivity index (χ1v) is 9.06. The Kier molecular flexibility index (Phi) is 5.89. The number of carbonyl (C=O) groups excluding carboxylic acids is 1. The van der Waals surface area contributed by atoms with Crippen molar-refractivity contribution in [3.8, 4) is 0 Å². The van der Waals surface area contributed by atoms with E-state index in [-0.39, 0.29) is 6.42 Å². The van der Waals surface area contributed by atoms with Crippen LogP contribution in [0.4, 0.5) is 0 Å². The Bertz CT molecular complexity index is 951. The van der Waals surface area contributed by atoms with E-state index in [0.717, 1.165) is 11.1 Å². The molecule has 2 unspecified atom stereocenters. The van der Waals surface area contributed by atoms with Crippen molar-refractivity contribution in [2.45, 2.75) is 31.8 Å². The van der Waals surface area contributed by atoms with Crippen molar-refractivity contribution in [2.75, 3.05) is 0 Å². The summed E-state index contributed by atoms with van der Waals surface area (Å²) in [6, 6.07) is 16.9. The Balaban J connectivity index is 1.90. The molecule has 0 saturated carbocycles. The molecular formula is C22H22N2O4. The Morgan fingerprint density at radius 3 is 2.04 bits per heavy atom. The smallest absolute Gasteiger partial charge is 0.349 e. The number of aryl methyl sites for hydroxylation is 1. The summed E-state index contributed by atoms with van der Waals surface area (Å²) in [4.78, 5) is 23.7. The Morgan fingerprint density at radius 1 is 1.00 bits per heavy atom. The van der Waals surface area contributed by atoms with E-state index >= 15 is 0 Å². The number of carbonyl (C=O) groups is 2. The van der Waals surface area contributed by atoms with Gasteiger partial charge >= 0.3 is 5.97 Å². The first kappa shape index (κ1) is 19.4. The molecule has 6 nitrogen and oxygen atoms in total. The van der Waals surface area contributed by atoms with Gasteiger partial charge in [0.15, 0.2) is 0 Å². The van der Waals surface area contributed by atoms with Crippen molar-refractivity contribution in [2.24, 2.45) is 0 Å². The van der Waals surface area contributed by atoms with E-state index in [1.165, 1.54) is 4.57 Å². The van der Waals surface area contributed by atoms with Crippen molar-refractivity contribution in [3.05, 3.63) is 90.0 Å². The fraction of sp³-hybridized carbons (Fsp3) is 0.227. The summed E-state index contributed by atoms with van der Waals surface area (Å²) in [6.07, 6.45) is 3.78. The molecular weight excluding hydrogens is 356 g/mol. The first-order chi connectivity index (χ1) is 13.5. The minimum absolute atomic E-state index is 0.258. The van der Waals surface area contributed by atoms with Crippen LogP contribution in [0.5, 0.6) is 0 Å². The number of hydrogen-bond acceptors (Lipinski definition) is 3. The molecule has 1 N–H and O–H groups in total. The Hall–Kier alpha value is -3.41. The van der Waals surface area contributed by atoms with Crippen LogP contribution in [0, 0.1) is 6.92 Å². The molecule has 3 rings (SSSR count). The number of carboxylic acid groups (broad SMARTS) is 2. The van der Waals surface area contributed by atoms with Gasteiger partial charge in [0.2, 0.25) is 12.4 Å². The monoisotopic (exact) mass is 378 g/mol. The van der Waals surface area contributed by atoms with Gasteiger partial charge in [0, 0.05) is 19.8 Å². The third-order valence-corrected chi connectivity index (χ3v) is 4.80. The van der Waals surface area contributed by atoms with Gasteiger partial charge < -0.3 is 15.0 Å². The van der Waals surface area contributed by atoms with Gasteiger partial charge in [0.1, 0.15) is 17.9 Å². The maximum absolute atomic E-state index is 11.9. The molecule has 0 radical (unpaired) electrons. The number of aromatic nitrogens is 2. The van der Waals surface area contributed by atoms with Crippen molar-refractivity contribution >= 4 is 11.9 Å². The maximum Gasteiger partial charge on any atom is 0.349 e. The lowest BCUT2D eigenvalue weighted by atomic mass is 10.1. The molecule has 0 spiro atoms. The van der Waals surface area contributed by atoms with Crippen LogP contribution in [0.1, 0.15) is 28.9 Å². The van der Waals surface area contributed by atoms with Gasteiger partial charge in [0.25, 0.3) is 0 Å². The van der Waals surface area contributed by atoms with Crippen LogP contribution in [0.15, 0.2) is 73.2 Å². The van der Waals surface area contributed by atoms with E-state index in [0.29, 0.717) is 12.1 Å². The van der Waals surface area contributed by atoms with E-state index in [1.54, 1.807) is 24.0 Å². The van der Waals surface area contributed by atoms with E-state index in [4.69, 9.17) is 0 Å². The fourth-order valence-electron chi connectivity index (χ4n) is 3.34. The van der Waals surface area contributed by atoms with Crippen LogP contribution in [0.2, 0.25) is 0 Å². The second-order valence-electron chi connectivity index (χ2n) is 6.81. The van der Waals surface area contributed by atoms with Gasteiger partial charge in [-0.2, -0.15) is 0 Å². The highest BCUT2D eigenvalue weighted by molar-refractivity contribution is 5.72. The zero-order valence-corrected chi connectivity index (χ0v) is 15.6. The standard InChI is InChI=1S/C22H22N2O4/c1-16-14-23(19(21(25)26)12-17-8-4-2-5-9-17)15-24(16)20(22(27)28)13-18-10-6-3-7-11-18/h2-11,14-15,19-20H,12-13H2,1H3,(H-,25,26,27,28). The molecule has 144 valence electrons. The lowest BCUT2D eigenvalue weighted by molar-refractivity contribution is -0.715. The highest BCUT2D eigenvalue weighted by Crippen LogP contribution is 2.18. The van der Waals surface area contributed by atoms with Crippen LogP contribution in [0.25, 0.3) is 0 Å². The number of rotatable bonds is 8. The number of aliphatic carboxylic acids is 2. The van der Waals surface area contributed by atoms with Crippen molar-refractivity contribution in [3.63, 3.8) is 0 Å². The van der Waals surface area contributed by atoms with Gasteiger partial charge in [-0.3, -0.25) is 0 Å². The molecule has 0 aliphatic rings. The average molecular weight is 378 g/mol. The first-order valence-electron chi connectivity index (χ1n) is 9.06. The molecule has 2 atom stereocenters. The van der Waals surface area contributed by atoms with Crippen LogP contribution in [0.3, 0.4) is 0 Å². The van der Waals surface area contributed by atoms with Gasteiger partial charge in [-0.15, -0.1) is 0 Å². The molecule has 0 aliphatic carbocycles. The lowest BCUT2D eigenvalue weighted by Crippen LogP contribution is -2.49. The number of nitrogens with zero attached hydrogens (tertiary/aromatic N) is 2. The lowest BCUT2D eigenvalue weighted by Gasteiger charge is -2.15. The highest BCUT2D eigenvalue weighted by Gasteiger charge is 2.30. The van der Waals surface area contributed by atoms with E-state index in [1.807, 2.05) is 60.7 Å². The van der Waals surface area contributed by atoms with Gasteiger partial charge in [-0.05, 0) is 11.1 Å². The quantitative estimate of drug-likeness (QED) is 0.602. The molecule has 0 bridgehead atoms. The second-order valence-corrected chi connectivity index (χ2v) is 6.81. The highest BCUT2D eigenvalue weighted by atomic mass is 16.4. The molecule has 2 aromatic carbocycles. The second kappa shape index (κ2) is 8.52. The molecule has 0 amide bonds. The molecule has 0 saturated heterocycles. The van der Waals surface area contributed by atoms with Crippen LogP contribution < -0.4 is 9.67 Å². The summed E-state index contributed by atoms with van der Waals surface area (Å²) < 4.78 is 3.13. The third kappa shape index (κ3) is 4.46. The molecule has 1 aromatic heterocycles. The number of hydrogen-bond donors (Lipinski definition) is 1. The van der Waals surface area contributed by atoms with Crippen LogP contribution in [-0.2, 0) is 22.4 Å². The zero-order valence-electron chi connectivity index (χ0n) is 15.6. The van der Waals surface area contributed by atoms with Crippen LogP contribution >= 0.6 is 0 Å². The average Bonchev–Trinajstić information content (AvgIpc) is 3.06. The molecule has 0 aliphatic heterocycles. The fourth-order valence-corrected chi connectivity index (χ4v) is 3.34. The van der Waals surface area contributed by atoms with Gasteiger partial charge in [-0.1, -0.05) is 60.7 Å². The molecule has 28 heavy (non-hydrogen) atoms. The largest absolute Gasteiger partial charge is 0.546 e. The summed E-state index contributed by atoms with van der Waals surface area (Å²) in [7, 11) is 0. The maximum atomic E-state index is 11.9. The minimum atomic E-state index is -1.21. The number of imidazole rings is 1. The normalized spacial score (nSPS) is 13.0. The predicted molar refractivity (Wildman–Crippen MR) is 100 cm³/mol. The summed E-state index contributed by atoms with van der Waals surface area (Å²) in [5.74, 6) is -2.18. The summed E-state index contributed by atoms with van der Waals surface area (Å²) in [5, 5.41) is 21.5. The van der Waals surface area contributed by atoms with Gasteiger partial charge in [0.05, 0.1) is 5.97 Å². The zero-order chi connectivity index (χ0) is 20.1. The van der Waals surface area contributed by atoms with E-state index < -0.39 is 24.0 Å². The van der Waals surface area contributed by atoms with E-state index in [2.05, 4.69) is 0 Å². The van der Waals surface area contributed by atoms with Gasteiger partial charge in [-0.25, -0.2) is 13.9 Å². The van der Waals surface area contributed by atoms with Crippen molar-refractivity contribution in [1.29, 1.82) is 0 Å². The predicted octanol–water partition coefficient (Wildman–Crippen LogP) is 1.49. The molecule has 0 fully saturated rings. The Labute approximate surface area is 163 Å². The molecule has 3 aromatic rings.